The number of urea groups is 1. The van der Waals surface area contributed by atoms with Crippen molar-refractivity contribution in [2.75, 3.05) is 23.8 Å². The van der Waals surface area contributed by atoms with Crippen molar-refractivity contribution in [3.8, 4) is 0 Å². The first kappa shape index (κ1) is 17.0. The van der Waals surface area contributed by atoms with Gasteiger partial charge in [-0.25, -0.2) is 4.79 Å². The summed E-state index contributed by atoms with van der Waals surface area (Å²) in [5.74, 6) is 0.129. The molecule has 0 aliphatic carbocycles. The Hall–Kier alpha value is -2.82. The van der Waals surface area contributed by atoms with Crippen molar-refractivity contribution in [2.24, 2.45) is 0 Å². The first-order chi connectivity index (χ1) is 12.1. The molecule has 2 aromatic carbocycles. The molecule has 5 nitrogen and oxygen atoms in total. The fourth-order valence-electron chi connectivity index (χ4n) is 3.05. The Bertz CT molecular complexity index is 759. The van der Waals surface area contributed by atoms with Gasteiger partial charge in [-0.1, -0.05) is 30.3 Å². The maximum absolute atomic E-state index is 12.0. The Morgan fingerprint density at radius 2 is 1.92 bits per heavy atom. The van der Waals surface area contributed by atoms with Crippen molar-refractivity contribution in [3.63, 3.8) is 0 Å². The van der Waals surface area contributed by atoms with E-state index in [1.807, 2.05) is 36.4 Å². The van der Waals surface area contributed by atoms with E-state index in [1.54, 1.807) is 11.9 Å². The molecule has 5 heteroatoms. The van der Waals surface area contributed by atoms with E-state index in [1.165, 1.54) is 5.56 Å². The number of fused-ring (bicyclic) bond motifs is 1. The van der Waals surface area contributed by atoms with Gasteiger partial charge in [-0.2, -0.15) is 0 Å². The van der Waals surface area contributed by atoms with Gasteiger partial charge in [-0.3, -0.25) is 4.79 Å². The second kappa shape index (κ2) is 7.83. The van der Waals surface area contributed by atoms with Crippen molar-refractivity contribution < 1.29 is 9.59 Å². The van der Waals surface area contributed by atoms with Crippen LogP contribution in [-0.4, -0.2) is 25.5 Å². The molecule has 0 spiro atoms. The third-order valence-electron chi connectivity index (χ3n) is 4.45. The summed E-state index contributed by atoms with van der Waals surface area (Å²) in [7, 11) is 1.78. The highest BCUT2D eigenvalue weighted by Gasteiger charge is 2.20. The monoisotopic (exact) mass is 337 g/mol. The van der Waals surface area contributed by atoms with Gasteiger partial charge in [0.15, 0.2) is 0 Å². The zero-order valence-corrected chi connectivity index (χ0v) is 14.4. The van der Waals surface area contributed by atoms with Crippen LogP contribution in [0.5, 0.6) is 0 Å². The average molecular weight is 337 g/mol. The third kappa shape index (κ3) is 4.38. The molecule has 0 radical (unpaired) electrons. The molecule has 0 saturated carbocycles. The van der Waals surface area contributed by atoms with Crippen LogP contribution in [0.25, 0.3) is 0 Å². The van der Waals surface area contributed by atoms with Crippen molar-refractivity contribution in [3.05, 3.63) is 59.7 Å². The number of nitrogens with one attached hydrogen (secondary N) is 2. The molecule has 1 heterocycles. The van der Waals surface area contributed by atoms with Crippen molar-refractivity contribution >= 4 is 23.3 Å². The number of hydrogen-bond acceptors (Lipinski definition) is 2. The number of rotatable bonds is 5. The molecular weight excluding hydrogens is 314 g/mol. The average Bonchev–Trinajstić information content (AvgIpc) is 2.63. The Kier molecular flexibility index (Phi) is 5.33. The second-order valence-corrected chi connectivity index (χ2v) is 6.27. The van der Waals surface area contributed by atoms with E-state index in [-0.39, 0.29) is 11.9 Å². The molecule has 2 N–H and O–H groups in total. The van der Waals surface area contributed by atoms with E-state index in [4.69, 9.17) is 0 Å². The topological polar surface area (TPSA) is 61.4 Å². The van der Waals surface area contributed by atoms with Crippen LogP contribution < -0.4 is 15.5 Å². The number of nitrogens with zero attached hydrogens (tertiary/aromatic N) is 1. The minimum absolute atomic E-state index is 0.129. The molecule has 0 unspecified atom stereocenters. The highest BCUT2D eigenvalue weighted by Crippen LogP contribution is 2.29. The molecule has 1 aliphatic rings. The van der Waals surface area contributed by atoms with Gasteiger partial charge < -0.3 is 15.5 Å². The molecule has 0 fully saturated rings. The molecule has 0 bridgehead atoms. The summed E-state index contributed by atoms with van der Waals surface area (Å²) >= 11 is 0. The van der Waals surface area contributed by atoms with Crippen LogP contribution in [0, 0.1) is 0 Å². The maximum Gasteiger partial charge on any atom is 0.319 e. The van der Waals surface area contributed by atoms with Crippen molar-refractivity contribution in [2.45, 2.75) is 25.7 Å². The number of aryl methyl sites for hydroxylation is 2. The molecule has 3 rings (SSSR count). The lowest BCUT2D eigenvalue weighted by Crippen LogP contribution is -2.32. The molecule has 2 aromatic rings. The summed E-state index contributed by atoms with van der Waals surface area (Å²) in [6.45, 7) is 0.628. The van der Waals surface area contributed by atoms with E-state index < -0.39 is 0 Å². The van der Waals surface area contributed by atoms with Crippen molar-refractivity contribution in [1.29, 1.82) is 0 Å². The standard InChI is InChI=1S/C20H23N3O2/c1-23-18-11-10-17(14-16(18)9-12-19(23)24)22-20(25)21-13-5-8-15-6-3-2-4-7-15/h2-4,6-7,10-11,14H,5,8-9,12-13H2,1H3,(H2,21,22,25). The minimum atomic E-state index is -0.201. The molecular formula is C20H23N3O2. The highest BCUT2D eigenvalue weighted by atomic mass is 16.2. The number of carbonyl (C=O) groups is 2. The summed E-state index contributed by atoms with van der Waals surface area (Å²) in [6, 6.07) is 15.7. The lowest BCUT2D eigenvalue weighted by Gasteiger charge is -2.26. The van der Waals surface area contributed by atoms with E-state index in [9.17, 15) is 9.59 Å². The second-order valence-electron chi connectivity index (χ2n) is 6.27. The summed E-state index contributed by atoms with van der Waals surface area (Å²) in [4.78, 5) is 25.4. The van der Waals surface area contributed by atoms with Gasteiger partial charge in [0.1, 0.15) is 0 Å². The molecule has 0 aromatic heterocycles. The van der Waals surface area contributed by atoms with Crippen LogP contribution in [-0.2, 0) is 17.6 Å². The van der Waals surface area contributed by atoms with Gasteiger partial charge in [0, 0.05) is 31.4 Å². The zero-order chi connectivity index (χ0) is 17.6. The fourth-order valence-corrected chi connectivity index (χ4v) is 3.05. The molecule has 130 valence electrons. The summed E-state index contributed by atoms with van der Waals surface area (Å²) in [6.07, 6.45) is 3.07. The lowest BCUT2D eigenvalue weighted by atomic mass is 10.0. The predicted octanol–water partition coefficient (Wildman–Crippen LogP) is 3.35. The van der Waals surface area contributed by atoms with Gasteiger partial charge in [0.05, 0.1) is 0 Å². The van der Waals surface area contributed by atoms with Gasteiger partial charge in [-0.15, -0.1) is 0 Å². The first-order valence-corrected chi connectivity index (χ1v) is 8.62. The smallest absolute Gasteiger partial charge is 0.319 e. The summed E-state index contributed by atoms with van der Waals surface area (Å²) in [5.41, 5.74) is 4.04. The number of hydrogen-bond donors (Lipinski definition) is 2. The van der Waals surface area contributed by atoms with Gasteiger partial charge >= 0.3 is 6.03 Å². The predicted molar refractivity (Wildman–Crippen MR) is 100.0 cm³/mol. The van der Waals surface area contributed by atoms with Crippen LogP contribution in [0.4, 0.5) is 16.2 Å². The minimum Gasteiger partial charge on any atom is -0.338 e. The largest absolute Gasteiger partial charge is 0.338 e. The summed E-state index contributed by atoms with van der Waals surface area (Å²) < 4.78 is 0. The van der Waals surface area contributed by atoms with Crippen molar-refractivity contribution in [1.82, 2.24) is 5.32 Å². The maximum atomic E-state index is 12.0. The van der Waals surface area contributed by atoms with E-state index in [0.29, 0.717) is 19.4 Å². The Balaban J connectivity index is 1.47. The lowest BCUT2D eigenvalue weighted by molar-refractivity contribution is -0.118. The van der Waals surface area contributed by atoms with Gasteiger partial charge in [0.25, 0.3) is 0 Å². The molecule has 1 aliphatic heterocycles. The number of carbonyl (C=O) groups excluding carboxylic acids is 2. The molecule has 25 heavy (non-hydrogen) atoms. The number of anilines is 2. The highest BCUT2D eigenvalue weighted by molar-refractivity contribution is 5.97. The van der Waals surface area contributed by atoms with Crippen LogP contribution in [0.3, 0.4) is 0 Å². The molecule has 3 amide bonds. The Labute approximate surface area is 148 Å². The Morgan fingerprint density at radius 3 is 2.72 bits per heavy atom. The quantitative estimate of drug-likeness (QED) is 0.822. The third-order valence-corrected chi connectivity index (χ3v) is 4.45. The Morgan fingerprint density at radius 1 is 1.12 bits per heavy atom. The van der Waals surface area contributed by atoms with E-state index in [2.05, 4.69) is 22.8 Å². The SMILES string of the molecule is CN1C(=O)CCc2cc(NC(=O)NCCCc3ccccc3)ccc21. The molecule has 0 atom stereocenters. The van der Waals surface area contributed by atoms with Crippen LogP contribution in [0.15, 0.2) is 48.5 Å². The van der Waals surface area contributed by atoms with Gasteiger partial charge in [0.2, 0.25) is 5.91 Å². The van der Waals surface area contributed by atoms with Gasteiger partial charge in [-0.05, 0) is 48.6 Å². The first-order valence-electron chi connectivity index (χ1n) is 8.62. The fraction of sp³-hybridized carbons (Fsp3) is 0.300. The van der Waals surface area contributed by atoms with Crippen LogP contribution in [0.1, 0.15) is 24.0 Å². The van der Waals surface area contributed by atoms with Crippen LogP contribution >= 0.6 is 0 Å². The van der Waals surface area contributed by atoms with E-state index >= 15 is 0 Å². The number of benzene rings is 2. The number of amides is 3. The zero-order valence-electron chi connectivity index (χ0n) is 14.4. The molecule has 0 saturated heterocycles. The summed E-state index contributed by atoms with van der Waals surface area (Å²) in [5, 5.41) is 5.75. The normalized spacial score (nSPS) is 13.3. The van der Waals surface area contributed by atoms with Crippen LogP contribution in [0.2, 0.25) is 0 Å². The van der Waals surface area contributed by atoms with E-state index in [0.717, 1.165) is 29.8 Å².